The van der Waals surface area contributed by atoms with Crippen molar-refractivity contribution in [1.82, 2.24) is 10.2 Å². The number of rotatable bonds is 5. The molecule has 126 valence electrons. The summed E-state index contributed by atoms with van der Waals surface area (Å²) in [6.07, 6.45) is 0.957. The number of fused-ring (bicyclic) bond motifs is 1. The van der Waals surface area contributed by atoms with E-state index in [1.807, 2.05) is 51.4 Å². The van der Waals surface area contributed by atoms with Gasteiger partial charge in [0.05, 0.1) is 12.6 Å². The Hall–Kier alpha value is -2.33. The summed E-state index contributed by atoms with van der Waals surface area (Å²) >= 11 is 0. The molecule has 0 saturated heterocycles. The van der Waals surface area contributed by atoms with E-state index in [4.69, 9.17) is 4.74 Å². The summed E-state index contributed by atoms with van der Waals surface area (Å²) < 4.78 is 5.58. The number of aryl methyl sites for hydroxylation is 1. The topological polar surface area (TPSA) is 41.6 Å². The molecule has 0 saturated carbocycles. The number of nitrogens with zero attached hydrogens (tertiary/aromatic N) is 1. The Morgan fingerprint density at radius 1 is 1.25 bits per heavy atom. The average molecular weight is 324 g/mol. The second kappa shape index (κ2) is 7.05. The summed E-state index contributed by atoms with van der Waals surface area (Å²) in [5, 5.41) is 3.06. The van der Waals surface area contributed by atoms with E-state index < -0.39 is 0 Å². The van der Waals surface area contributed by atoms with Gasteiger partial charge in [-0.2, -0.15) is 0 Å². The van der Waals surface area contributed by atoms with Crippen molar-refractivity contribution in [3.8, 4) is 5.75 Å². The molecule has 1 aliphatic rings. The predicted molar refractivity (Wildman–Crippen MR) is 95.6 cm³/mol. The molecule has 4 heteroatoms. The minimum Gasteiger partial charge on any atom is -0.493 e. The van der Waals surface area contributed by atoms with Crippen molar-refractivity contribution in [2.24, 2.45) is 0 Å². The van der Waals surface area contributed by atoms with Gasteiger partial charge in [-0.3, -0.25) is 4.79 Å². The quantitative estimate of drug-likeness (QED) is 0.919. The molecule has 0 aliphatic carbocycles. The highest BCUT2D eigenvalue weighted by molar-refractivity contribution is 5.94. The molecule has 0 aromatic heterocycles. The summed E-state index contributed by atoms with van der Waals surface area (Å²) in [6.45, 7) is 3.32. The Kier molecular flexibility index (Phi) is 4.86. The van der Waals surface area contributed by atoms with Gasteiger partial charge in [0, 0.05) is 18.5 Å². The van der Waals surface area contributed by atoms with Crippen LogP contribution in [0.5, 0.6) is 5.75 Å². The molecule has 4 nitrogen and oxygen atoms in total. The lowest BCUT2D eigenvalue weighted by atomic mass is 10.0. The van der Waals surface area contributed by atoms with Crippen LogP contribution >= 0.6 is 0 Å². The SMILES string of the molecule is Cc1cccc(C(=O)NCC(c2ccc3c(c2)CCO3)N(C)C)c1. The predicted octanol–water partition coefficient (Wildman–Crippen LogP) is 2.96. The Labute approximate surface area is 143 Å². The van der Waals surface area contributed by atoms with Crippen LogP contribution in [0.15, 0.2) is 42.5 Å². The Bertz CT molecular complexity index is 740. The van der Waals surface area contributed by atoms with E-state index >= 15 is 0 Å². The molecule has 1 atom stereocenters. The first-order chi connectivity index (χ1) is 11.5. The van der Waals surface area contributed by atoms with Gasteiger partial charge in [-0.25, -0.2) is 0 Å². The van der Waals surface area contributed by atoms with E-state index in [-0.39, 0.29) is 11.9 Å². The van der Waals surface area contributed by atoms with Gasteiger partial charge in [-0.1, -0.05) is 29.8 Å². The van der Waals surface area contributed by atoms with Crippen LogP contribution in [0, 0.1) is 6.92 Å². The first kappa shape index (κ1) is 16.5. The van der Waals surface area contributed by atoms with Crippen molar-refractivity contribution in [3.63, 3.8) is 0 Å². The molecule has 1 amide bonds. The van der Waals surface area contributed by atoms with Crippen molar-refractivity contribution in [3.05, 3.63) is 64.7 Å². The van der Waals surface area contributed by atoms with Gasteiger partial charge < -0.3 is 15.0 Å². The maximum Gasteiger partial charge on any atom is 0.251 e. The van der Waals surface area contributed by atoms with Gasteiger partial charge in [0.1, 0.15) is 5.75 Å². The number of hydrogen-bond acceptors (Lipinski definition) is 3. The normalized spacial score (nSPS) is 14.2. The second-order valence-corrected chi connectivity index (χ2v) is 6.52. The first-order valence-electron chi connectivity index (χ1n) is 8.31. The molecule has 2 aromatic rings. The lowest BCUT2D eigenvalue weighted by Gasteiger charge is -2.25. The van der Waals surface area contributed by atoms with Crippen molar-refractivity contribution in [2.75, 3.05) is 27.2 Å². The van der Waals surface area contributed by atoms with Crippen LogP contribution in [0.3, 0.4) is 0 Å². The number of benzene rings is 2. The standard InChI is InChI=1S/C20H24N2O2/c1-14-5-4-6-17(11-14)20(23)21-13-18(22(2)3)15-7-8-19-16(12-15)9-10-24-19/h4-8,11-12,18H,9-10,13H2,1-3H3,(H,21,23). The summed E-state index contributed by atoms with van der Waals surface area (Å²) in [5.41, 5.74) is 4.25. The molecule has 1 unspecified atom stereocenters. The van der Waals surface area contributed by atoms with Crippen molar-refractivity contribution < 1.29 is 9.53 Å². The monoisotopic (exact) mass is 324 g/mol. The fourth-order valence-electron chi connectivity index (χ4n) is 3.09. The van der Waals surface area contributed by atoms with E-state index in [2.05, 4.69) is 22.3 Å². The zero-order chi connectivity index (χ0) is 17.1. The highest BCUT2D eigenvalue weighted by Crippen LogP contribution is 2.29. The van der Waals surface area contributed by atoms with Gasteiger partial charge in [-0.05, 0) is 50.3 Å². The van der Waals surface area contributed by atoms with Crippen LogP contribution < -0.4 is 10.1 Å². The molecule has 0 bridgehead atoms. The zero-order valence-electron chi connectivity index (χ0n) is 14.5. The summed E-state index contributed by atoms with van der Waals surface area (Å²) in [5.74, 6) is 0.954. The number of nitrogens with one attached hydrogen (secondary N) is 1. The number of carbonyl (C=O) groups excluding carboxylic acids is 1. The number of likely N-dealkylation sites (N-methyl/N-ethyl adjacent to an activating group) is 1. The average Bonchev–Trinajstić information content (AvgIpc) is 3.02. The molecule has 3 rings (SSSR count). The minimum absolute atomic E-state index is 0.0324. The van der Waals surface area contributed by atoms with Crippen LogP contribution in [0.4, 0.5) is 0 Å². The summed E-state index contributed by atoms with van der Waals surface area (Å²) in [4.78, 5) is 14.5. The van der Waals surface area contributed by atoms with E-state index in [0.717, 1.165) is 24.3 Å². The van der Waals surface area contributed by atoms with Gasteiger partial charge in [0.2, 0.25) is 0 Å². The largest absolute Gasteiger partial charge is 0.493 e. The Balaban J connectivity index is 1.72. The van der Waals surface area contributed by atoms with E-state index in [0.29, 0.717) is 12.1 Å². The molecule has 0 radical (unpaired) electrons. The van der Waals surface area contributed by atoms with Gasteiger partial charge >= 0.3 is 0 Å². The van der Waals surface area contributed by atoms with Gasteiger partial charge in [0.25, 0.3) is 5.91 Å². The maximum absolute atomic E-state index is 12.4. The summed E-state index contributed by atoms with van der Waals surface area (Å²) in [6, 6.07) is 14.1. The van der Waals surface area contributed by atoms with Gasteiger partial charge in [0.15, 0.2) is 0 Å². The number of carbonyl (C=O) groups is 1. The van der Waals surface area contributed by atoms with E-state index in [1.165, 1.54) is 11.1 Å². The van der Waals surface area contributed by atoms with Crippen LogP contribution in [0.1, 0.15) is 33.1 Å². The third kappa shape index (κ3) is 3.60. The van der Waals surface area contributed by atoms with Crippen LogP contribution in [0.25, 0.3) is 0 Å². The third-order valence-corrected chi connectivity index (χ3v) is 4.46. The minimum atomic E-state index is -0.0324. The maximum atomic E-state index is 12.4. The van der Waals surface area contributed by atoms with Crippen LogP contribution in [0.2, 0.25) is 0 Å². The molecule has 1 N–H and O–H groups in total. The Morgan fingerprint density at radius 3 is 2.83 bits per heavy atom. The lowest BCUT2D eigenvalue weighted by molar-refractivity contribution is 0.0942. The fraction of sp³-hybridized carbons (Fsp3) is 0.350. The van der Waals surface area contributed by atoms with Crippen molar-refractivity contribution in [2.45, 2.75) is 19.4 Å². The molecule has 24 heavy (non-hydrogen) atoms. The molecular formula is C20H24N2O2. The van der Waals surface area contributed by atoms with E-state index in [1.54, 1.807) is 0 Å². The second-order valence-electron chi connectivity index (χ2n) is 6.52. The van der Waals surface area contributed by atoms with E-state index in [9.17, 15) is 4.79 Å². The van der Waals surface area contributed by atoms with Crippen molar-refractivity contribution in [1.29, 1.82) is 0 Å². The van der Waals surface area contributed by atoms with Crippen LogP contribution in [-0.4, -0.2) is 38.1 Å². The third-order valence-electron chi connectivity index (χ3n) is 4.46. The fourth-order valence-corrected chi connectivity index (χ4v) is 3.09. The first-order valence-corrected chi connectivity index (χ1v) is 8.31. The van der Waals surface area contributed by atoms with Crippen molar-refractivity contribution >= 4 is 5.91 Å². The molecule has 0 fully saturated rings. The molecular weight excluding hydrogens is 300 g/mol. The summed E-state index contributed by atoms with van der Waals surface area (Å²) in [7, 11) is 4.07. The molecule has 1 heterocycles. The van der Waals surface area contributed by atoms with Crippen LogP contribution in [-0.2, 0) is 6.42 Å². The zero-order valence-corrected chi connectivity index (χ0v) is 14.5. The molecule has 0 spiro atoms. The van der Waals surface area contributed by atoms with Gasteiger partial charge in [-0.15, -0.1) is 0 Å². The number of ether oxygens (including phenoxy) is 1. The number of hydrogen-bond donors (Lipinski definition) is 1. The Morgan fingerprint density at radius 2 is 2.08 bits per heavy atom. The highest BCUT2D eigenvalue weighted by atomic mass is 16.5. The molecule has 2 aromatic carbocycles. The highest BCUT2D eigenvalue weighted by Gasteiger charge is 2.19. The smallest absolute Gasteiger partial charge is 0.251 e. The number of amides is 1. The lowest BCUT2D eigenvalue weighted by Crippen LogP contribution is -2.34. The molecule has 1 aliphatic heterocycles.